The molecular formula is C19H23N5O2. The van der Waals surface area contributed by atoms with Gasteiger partial charge < -0.3 is 19.4 Å². The molecule has 0 spiro atoms. The second kappa shape index (κ2) is 6.92. The highest BCUT2D eigenvalue weighted by Crippen LogP contribution is 2.29. The Labute approximate surface area is 153 Å². The molecule has 1 atom stereocenters. The van der Waals surface area contributed by atoms with E-state index < -0.39 is 6.10 Å². The summed E-state index contributed by atoms with van der Waals surface area (Å²) in [5.41, 5.74) is 2.22. The van der Waals surface area contributed by atoms with Crippen LogP contribution in [0.4, 0.5) is 17.5 Å². The van der Waals surface area contributed by atoms with Crippen LogP contribution in [0, 0.1) is 0 Å². The van der Waals surface area contributed by atoms with E-state index in [9.17, 15) is 4.79 Å². The third-order valence-corrected chi connectivity index (χ3v) is 4.86. The highest BCUT2D eigenvalue weighted by atomic mass is 16.5. The van der Waals surface area contributed by atoms with Crippen LogP contribution < -0.4 is 14.7 Å². The fraction of sp³-hybridized carbons (Fsp3) is 0.421. The molecule has 3 heterocycles. The molecule has 1 aromatic heterocycles. The van der Waals surface area contributed by atoms with Gasteiger partial charge in [0.15, 0.2) is 6.10 Å². The number of carbonyl (C=O) groups is 1. The van der Waals surface area contributed by atoms with E-state index in [-0.39, 0.29) is 5.91 Å². The van der Waals surface area contributed by atoms with Gasteiger partial charge in [0.1, 0.15) is 5.82 Å². The van der Waals surface area contributed by atoms with E-state index in [1.54, 1.807) is 6.20 Å². The molecule has 2 aliphatic rings. The smallest absolute Gasteiger partial charge is 0.257 e. The van der Waals surface area contributed by atoms with Crippen LogP contribution in [0.3, 0.4) is 0 Å². The summed E-state index contributed by atoms with van der Waals surface area (Å²) in [6.07, 6.45) is 2.15. The molecular weight excluding hydrogens is 330 g/mol. The normalized spacial score (nSPS) is 19.4. The molecule has 7 heteroatoms. The number of morpholine rings is 1. The van der Waals surface area contributed by atoms with Gasteiger partial charge in [-0.2, -0.15) is 4.98 Å². The van der Waals surface area contributed by atoms with E-state index in [1.165, 1.54) is 5.56 Å². The van der Waals surface area contributed by atoms with E-state index in [0.29, 0.717) is 32.2 Å². The van der Waals surface area contributed by atoms with Crippen molar-refractivity contribution in [3.8, 4) is 0 Å². The first-order chi connectivity index (χ1) is 12.6. The standard InChI is InChI=1S/C19H23N5O2/c1-22(2)17-7-9-20-19(21-17)23-11-12-26-16(13-23)18(25)24-10-8-14-5-3-4-6-15(14)24/h3-7,9,16H,8,10-13H2,1-2H3. The minimum Gasteiger partial charge on any atom is -0.365 e. The topological polar surface area (TPSA) is 61.8 Å². The zero-order valence-corrected chi connectivity index (χ0v) is 15.1. The maximum Gasteiger partial charge on any atom is 0.257 e. The van der Waals surface area contributed by atoms with E-state index in [0.717, 1.165) is 17.9 Å². The van der Waals surface area contributed by atoms with E-state index >= 15 is 0 Å². The Morgan fingerprint density at radius 3 is 2.92 bits per heavy atom. The first-order valence-corrected chi connectivity index (χ1v) is 8.89. The van der Waals surface area contributed by atoms with Crippen LogP contribution in [0.1, 0.15) is 5.56 Å². The molecule has 0 bridgehead atoms. The Bertz CT molecular complexity index is 810. The fourth-order valence-electron chi connectivity index (χ4n) is 3.46. The molecule has 1 saturated heterocycles. The van der Waals surface area contributed by atoms with E-state index in [4.69, 9.17) is 4.74 Å². The first-order valence-electron chi connectivity index (χ1n) is 8.89. The van der Waals surface area contributed by atoms with Crippen molar-refractivity contribution >= 4 is 23.4 Å². The quantitative estimate of drug-likeness (QED) is 0.830. The predicted molar refractivity (Wildman–Crippen MR) is 101 cm³/mol. The Hall–Kier alpha value is -2.67. The van der Waals surface area contributed by atoms with Crippen LogP contribution in [0.15, 0.2) is 36.5 Å². The van der Waals surface area contributed by atoms with Crippen molar-refractivity contribution in [2.45, 2.75) is 12.5 Å². The van der Waals surface area contributed by atoms with Gasteiger partial charge in [0.05, 0.1) is 13.2 Å². The number of anilines is 3. The number of para-hydroxylation sites is 1. The van der Waals surface area contributed by atoms with Crippen LogP contribution in [0.25, 0.3) is 0 Å². The molecule has 1 amide bonds. The number of amides is 1. The Morgan fingerprint density at radius 2 is 2.08 bits per heavy atom. The van der Waals surface area contributed by atoms with Crippen molar-refractivity contribution in [1.82, 2.24) is 9.97 Å². The summed E-state index contributed by atoms with van der Waals surface area (Å²) in [7, 11) is 3.89. The molecule has 0 radical (unpaired) electrons. The lowest BCUT2D eigenvalue weighted by molar-refractivity contribution is -0.130. The largest absolute Gasteiger partial charge is 0.365 e. The van der Waals surface area contributed by atoms with E-state index in [1.807, 2.05) is 53.1 Å². The number of rotatable bonds is 3. The summed E-state index contributed by atoms with van der Waals surface area (Å²) in [5.74, 6) is 1.50. The third kappa shape index (κ3) is 3.10. The second-order valence-electron chi connectivity index (χ2n) is 6.78. The zero-order chi connectivity index (χ0) is 18.1. The lowest BCUT2D eigenvalue weighted by atomic mass is 10.2. The highest BCUT2D eigenvalue weighted by molar-refractivity contribution is 5.98. The highest BCUT2D eigenvalue weighted by Gasteiger charge is 2.34. The second-order valence-corrected chi connectivity index (χ2v) is 6.78. The van der Waals surface area contributed by atoms with Gasteiger partial charge in [-0.05, 0) is 24.1 Å². The van der Waals surface area contributed by atoms with Crippen LogP contribution in [0.2, 0.25) is 0 Å². The molecule has 4 rings (SSSR count). The molecule has 0 saturated carbocycles. The molecule has 1 fully saturated rings. The lowest BCUT2D eigenvalue weighted by Crippen LogP contribution is -2.51. The number of ether oxygens (including phenoxy) is 1. The lowest BCUT2D eigenvalue weighted by Gasteiger charge is -2.34. The minimum atomic E-state index is -0.499. The number of benzene rings is 1. The molecule has 26 heavy (non-hydrogen) atoms. The van der Waals surface area contributed by atoms with Gasteiger partial charge in [0, 0.05) is 39.1 Å². The maximum absolute atomic E-state index is 13.0. The third-order valence-electron chi connectivity index (χ3n) is 4.86. The number of hydrogen-bond acceptors (Lipinski definition) is 6. The van der Waals surface area contributed by atoms with Crippen LogP contribution in [-0.4, -0.2) is 62.3 Å². The fourth-order valence-corrected chi connectivity index (χ4v) is 3.46. The number of aromatic nitrogens is 2. The molecule has 2 aromatic rings. The van der Waals surface area contributed by atoms with Gasteiger partial charge in [0.25, 0.3) is 5.91 Å². The van der Waals surface area contributed by atoms with Crippen LogP contribution >= 0.6 is 0 Å². The van der Waals surface area contributed by atoms with Crippen molar-refractivity contribution in [2.75, 3.05) is 55.0 Å². The molecule has 1 aromatic carbocycles. The Morgan fingerprint density at radius 1 is 1.23 bits per heavy atom. The Kier molecular flexibility index (Phi) is 4.46. The summed E-state index contributed by atoms with van der Waals surface area (Å²) >= 11 is 0. The van der Waals surface area contributed by atoms with Crippen LogP contribution in [0.5, 0.6) is 0 Å². The molecule has 2 aliphatic heterocycles. The minimum absolute atomic E-state index is 0.0171. The molecule has 7 nitrogen and oxygen atoms in total. The van der Waals surface area contributed by atoms with Gasteiger partial charge in [-0.25, -0.2) is 4.98 Å². The predicted octanol–water partition coefficient (Wildman–Crippen LogP) is 1.34. The van der Waals surface area contributed by atoms with Crippen molar-refractivity contribution in [1.29, 1.82) is 0 Å². The monoisotopic (exact) mass is 353 g/mol. The molecule has 1 unspecified atom stereocenters. The van der Waals surface area contributed by atoms with Crippen molar-refractivity contribution in [3.63, 3.8) is 0 Å². The summed E-state index contributed by atoms with van der Waals surface area (Å²) in [6.45, 7) is 2.34. The van der Waals surface area contributed by atoms with Crippen molar-refractivity contribution in [2.24, 2.45) is 0 Å². The summed E-state index contributed by atoms with van der Waals surface area (Å²) < 4.78 is 5.80. The van der Waals surface area contributed by atoms with E-state index in [2.05, 4.69) is 16.0 Å². The summed E-state index contributed by atoms with van der Waals surface area (Å²) in [6, 6.07) is 9.94. The van der Waals surface area contributed by atoms with Gasteiger partial charge in [-0.3, -0.25) is 4.79 Å². The van der Waals surface area contributed by atoms with Crippen molar-refractivity contribution in [3.05, 3.63) is 42.1 Å². The number of nitrogens with zero attached hydrogens (tertiary/aromatic N) is 5. The van der Waals surface area contributed by atoms with Gasteiger partial charge in [0.2, 0.25) is 5.95 Å². The molecule has 0 N–H and O–H groups in total. The first kappa shape index (κ1) is 16.8. The molecule has 0 aliphatic carbocycles. The maximum atomic E-state index is 13.0. The van der Waals surface area contributed by atoms with Crippen molar-refractivity contribution < 1.29 is 9.53 Å². The summed E-state index contributed by atoms with van der Waals surface area (Å²) in [4.78, 5) is 27.8. The van der Waals surface area contributed by atoms with Gasteiger partial charge in [-0.1, -0.05) is 18.2 Å². The average Bonchev–Trinajstić information content (AvgIpc) is 3.12. The Balaban J connectivity index is 1.51. The number of carbonyl (C=O) groups excluding carboxylic acids is 1. The van der Waals surface area contributed by atoms with Crippen LogP contribution in [-0.2, 0) is 16.0 Å². The zero-order valence-electron chi connectivity index (χ0n) is 15.1. The number of hydrogen-bond donors (Lipinski definition) is 0. The number of fused-ring (bicyclic) bond motifs is 1. The van der Waals surface area contributed by atoms with Gasteiger partial charge >= 0.3 is 0 Å². The molecule has 136 valence electrons. The van der Waals surface area contributed by atoms with Gasteiger partial charge in [-0.15, -0.1) is 0 Å². The SMILES string of the molecule is CN(C)c1ccnc(N2CCOC(C(=O)N3CCc4ccccc43)C2)n1. The average molecular weight is 353 g/mol. The summed E-state index contributed by atoms with van der Waals surface area (Å²) in [5, 5.41) is 0.